The van der Waals surface area contributed by atoms with Crippen molar-refractivity contribution >= 4 is 11.8 Å². The van der Waals surface area contributed by atoms with E-state index in [4.69, 9.17) is 14.2 Å². The first-order valence-corrected chi connectivity index (χ1v) is 9.42. The summed E-state index contributed by atoms with van der Waals surface area (Å²) in [4.78, 5) is 24.2. The largest absolute Gasteiger partial charge is 0.490 e. The fourth-order valence-electron chi connectivity index (χ4n) is 2.52. The maximum Gasteiger partial charge on any atom is 0.276 e. The molecule has 0 heterocycles. The lowest BCUT2D eigenvalue weighted by atomic mass is 10.2. The summed E-state index contributed by atoms with van der Waals surface area (Å²) < 4.78 is 16.6. The molecule has 7 nitrogen and oxygen atoms in total. The van der Waals surface area contributed by atoms with Gasteiger partial charge in [0.15, 0.2) is 18.1 Å². The number of carbonyl (C=O) groups is 2. The Labute approximate surface area is 174 Å². The number of nitrogens with one attached hydrogen (secondary N) is 2. The van der Waals surface area contributed by atoms with Gasteiger partial charge in [-0.05, 0) is 55.5 Å². The van der Waals surface area contributed by atoms with Gasteiger partial charge in [0, 0.05) is 5.56 Å². The van der Waals surface area contributed by atoms with Crippen LogP contribution in [0.3, 0.4) is 0 Å². The quantitative estimate of drug-likeness (QED) is 0.557. The first kappa shape index (κ1) is 20.7. The van der Waals surface area contributed by atoms with Crippen LogP contribution >= 0.6 is 0 Å². The Morgan fingerprint density at radius 1 is 0.733 bits per heavy atom. The number of hydrogen-bond donors (Lipinski definition) is 2. The molecule has 0 bridgehead atoms. The highest BCUT2D eigenvalue weighted by atomic mass is 16.5. The first-order chi connectivity index (χ1) is 14.7. The minimum Gasteiger partial charge on any atom is -0.490 e. The van der Waals surface area contributed by atoms with Crippen LogP contribution in [0.25, 0.3) is 0 Å². The zero-order valence-corrected chi connectivity index (χ0v) is 16.5. The second kappa shape index (κ2) is 10.5. The minimum absolute atomic E-state index is 0.270. The monoisotopic (exact) mass is 406 g/mol. The number of amides is 2. The van der Waals surface area contributed by atoms with Crippen LogP contribution in [0.4, 0.5) is 0 Å². The molecule has 0 unspecified atom stereocenters. The molecule has 0 saturated heterocycles. The van der Waals surface area contributed by atoms with Crippen molar-refractivity contribution in [3.63, 3.8) is 0 Å². The molecule has 7 heteroatoms. The topological polar surface area (TPSA) is 85.9 Å². The summed E-state index contributed by atoms with van der Waals surface area (Å²) in [6.45, 7) is 2.07. The van der Waals surface area contributed by atoms with Crippen molar-refractivity contribution in [2.75, 3.05) is 13.2 Å². The van der Waals surface area contributed by atoms with Crippen LogP contribution in [-0.4, -0.2) is 25.0 Å². The Kier molecular flexibility index (Phi) is 7.27. The fraction of sp³-hybridized carbons (Fsp3) is 0.130. The summed E-state index contributed by atoms with van der Waals surface area (Å²) in [6, 6.07) is 22.9. The highest BCUT2D eigenvalue weighted by molar-refractivity contribution is 5.95. The van der Waals surface area contributed by atoms with Crippen molar-refractivity contribution in [2.24, 2.45) is 0 Å². The van der Waals surface area contributed by atoms with Gasteiger partial charge in [-0.2, -0.15) is 0 Å². The second-order valence-electron chi connectivity index (χ2n) is 6.11. The van der Waals surface area contributed by atoms with E-state index in [1.54, 1.807) is 42.5 Å². The van der Waals surface area contributed by atoms with Crippen molar-refractivity contribution < 1.29 is 23.8 Å². The number of benzene rings is 3. The fourth-order valence-corrected chi connectivity index (χ4v) is 2.52. The number of ether oxygens (including phenoxy) is 3. The summed E-state index contributed by atoms with van der Waals surface area (Å²) in [5.41, 5.74) is 5.05. The van der Waals surface area contributed by atoms with Crippen molar-refractivity contribution in [3.05, 3.63) is 84.4 Å². The molecule has 2 N–H and O–H groups in total. The summed E-state index contributed by atoms with van der Waals surface area (Å²) >= 11 is 0. The summed E-state index contributed by atoms with van der Waals surface area (Å²) in [6.07, 6.45) is 0. The van der Waals surface area contributed by atoms with Gasteiger partial charge in [0.1, 0.15) is 11.5 Å². The second-order valence-corrected chi connectivity index (χ2v) is 6.11. The number of rotatable bonds is 8. The van der Waals surface area contributed by atoms with E-state index >= 15 is 0 Å². The molecule has 0 aliphatic rings. The van der Waals surface area contributed by atoms with E-state index in [0.717, 1.165) is 0 Å². The van der Waals surface area contributed by atoms with E-state index in [1.165, 1.54) is 0 Å². The molecule has 3 aromatic carbocycles. The molecule has 0 spiro atoms. The standard InChI is InChI=1S/C23H22N2O5/c1-2-28-20-10-6-7-11-21(20)29-16-22(26)24-25-23(27)17-12-14-19(15-13-17)30-18-8-4-3-5-9-18/h3-15H,2,16H2,1H3,(H,24,26)(H,25,27). The van der Waals surface area contributed by atoms with Gasteiger partial charge in [0.2, 0.25) is 0 Å². The van der Waals surface area contributed by atoms with Gasteiger partial charge in [-0.1, -0.05) is 30.3 Å². The summed E-state index contributed by atoms with van der Waals surface area (Å²) in [5, 5.41) is 0. The molecule has 0 radical (unpaired) electrons. The molecule has 0 aliphatic carbocycles. The highest BCUT2D eigenvalue weighted by Crippen LogP contribution is 2.26. The Balaban J connectivity index is 1.46. The predicted octanol–water partition coefficient (Wildman–Crippen LogP) is 3.72. The third-order valence-corrected chi connectivity index (χ3v) is 3.92. The lowest BCUT2D eigenvalue weighted by Crippen LogP contribution is -2.43. The minimum atomic E-state index is -0.501. The van der Waals surface area contributed by atoms with Crippen LogP contribution in [0.15, 0.2) is 78.9 Å². The number of hydrogen-bond acceptors (Lipinski definition) is 5. The Morgan fingerprint density at radius 2 is 1.33 bits per heavy atom. The van der Waals surface area contributed by atoms with Gasteiger partial charge in [-0.15, -0.1) is 0 Å². The Bertz CT molecular complexity index is 974. The molecule has 0 fully saturated rings. The van der Waals surface area contributed by atoms with Crippen LogP contribution in [0, 0.1) is 0 Å². The van der Waals surface area contributed by atoms with Crippen LogP contribution in [0.2, 0.25) is 0 Å². The average Bonchev–Trinajstić information content (AvgIpc) is 2.78. The SMILES string of the molecule is CCOc1ccccc1OCC(=O)NNC(=O)c1ccc(Oc2ccccc2)cc1. The molecular weight excluding hydrogens is 384 g/mol. The van der Waals surface area contributed by atoms with E-state index in [0.29, 0.717) is 35.2 Å². The molecule has 3 rings (SSSR count). The molecule has 30 heavy (non-hydrogen) atoms. The normalized spacial score (nSPS) is 10.0. The van der Waals surface area contributed by atoms with Crippen LogP contribution in [0.5, 0.6) is 23.0 Å². The smallest absolute Gasteiger partial charge is 0.276 e. The van der Waals surface area contributed by atoms with Gasteiger partial charge < -0.3 is 14.2 Å². The van der Waals surface area contributed by atoms with E-state index in [9.17, 15) is 9.59 Å². The maximum absolute atomic E-state index is 12.2. The Hall–Kier alpha value is -4.00. The molecule has 2 amide bonds. The van der Waals surface area contributed by atoms with Gasteiger partial charge in [0.25, 0.3) is 11.8 Å². The maximum atomic E-state index is 12.2. The van der Waals surface area contributed by atoms with Gasteiger partial charge >= 0.3 is 0 Å². The third-order valence-electron chi connectivity index (χ3n) is 3.92. The first-order valence-electron chi connectivity index (χ1n) is 9.42. The number of hydrazine groups is 1. The van der Waals surface area contributed by atoms with Crippen molar-refractivity contribution in [1.29, 1.82) is 0 Å². The van der Waals surface area contributed by atoms with Crippen molar-refractivity contribution in [2.45, 2.75) is 6.92 Å². The van der Waals surface area contributed by atoms with Gasteiger partial charge in [-0.3, -0.25) is 20.4 Å². The molecule has 0 atom stereocenters. The van der Waals surface area contributed by atoms with E-state index in [1.807, 2.05) is 43.3 Å². The van der Waals surface area contributed by atoms with Crippen LogP contribution in [-0.2, 0) is 4.79 Å². The van der Waals surface area contributed by atoms with E-state index in [2.05, 4.69) is 10.9 Å². The van der Waals surface area contributed by atoms with Crippen LogP contribution in [0.1, 0.15) is 17.3 Å². The van der Waals surface area contributed by atoms with Gasteiger partial charge in [-0.25, -0.2) is 0 Å². The lowest BCUT2D eigenvalue weighted by molar-refractivity contribution is -0.123. The average molecular weight is 406 g/mol. The van der Waals surface area contributed by atoms with Crippen LogP contribution < -0.4 is 25.1 Å². The highest BCUT2D eigenvalue weighted by Gasteiger charge is 2.10. The molecular formula is C23H22N2O5. The van der Waals surface area contributed by atoms with Gasteiger partial charge in [0.05, 0.1) is 6.61 Å². The summed E-state index contributed by atoms with van der Waals surface area (Å²) in [5.74, 6) is 1.35. The summed E-state index contributed by atoms with van der Waals surface area (Å²) in [7, 11) is 0. The molecule has 0 aliphatic heterocycles. The zero-order chi connectivity index (χ0) is 21.2. The lowest BCUT2D eigenvalue weighted by Gasteiger charge is -2.12. The third kappa shape index (κ3) is 6.00. The molecule has 0 aromatic heterocycles. The van der Waals surface area contributed by atoms with Crippen molar-refractivity contribution in [1.82, 2.24) is 10.9 Å². The van der Waals surface area contributed by atoms with E-state index in [-0.39, 0.29) is 6.61 Å². The molecule has 3 aromatic rings. The number of para-hydroxylation sites is 3. The molecule has 154 valence electrons. The van der Waals surface area contributed by atoms with Crippen molar-refractivity contribution in [3.8, 4) is 23.0 Å². The predicted molar refractivity (Wildman–Crippen MR) is 112 cm³/mol. The number of carbonyl (C=O) groups excluding carboxylic acids is 2. The molecule has 0 saturated carbocycles. The Morgan fingerprint density at radius 3 is 2.00 bits per heavy atom. The zero-order valence-electron chi connectivity index (χ0n) is 16.5. The van der Waals surface area contributed by atoms with E-state index < -0.39 is 11.8 Å².